The molecule has 9 N–H and O–H groups in total. The SMILES string of the molecule is COc1cc(/C(=C/C(=O)CC(=O)C[C@H]2CC[C@@H]3C[C@@H](NC[C@H](C)O)C[C@@]3(C[C@@H]3[C@@H]4CCNC[C@@H]4C[C@@H]4C=CCN[C@@H]34)C2)CO)c(CC2=CNC(N)C=C2CCc2cccc(CCc3ccccc3)c2)cc1O. The van der Waals surface area contributed by atoms with Gasteiger partial charge in [-0.05, 0) is 213 Å². The standard InChI is InChI=1S/C61H81N5O6/c1-39(68)35-65-51-29-50-18-16-43(32-61(50,33-51)34-56-54-19-21-63-36-48(54)24-45-12-7-20-64-60(45)56)23-52(69)30-53(70)26-49(38-67)55-31-58(72-2)57(71)27-46(55)25-47-37-66-59(62)28-44(47)17-15-42-11-6-10-41(22-42)14-13-40-8-4-3-5-9-40/h3-12,22,26-28,31,37,39,43,45,48,50-51,54,56,59-60,63-68,71H,13-21,23-25,29-30,32-36,38,62H2,1-2H3/b49-26+/t39-,43+,45-,48-,50+,51+,54+,56+,59?,60+,61+/m0/s1. The number of aromatic hydroxyl groups is 1. The maximum Gasteiger partial charge on any atom is 0.163 e. The number of methoxy groups -OCH3 is 1. The predicted molar refractivity (Wildman–Crippen MR) is 286 cm³/mol. The number of aliphatic hydroxyl groups excluding tert-OH is 2. The van der Waals surface area contributed by atoms with Crippen molar-refractivity contribution in [3.63, 3.8) is 0 Å². The van der Waals surface area contributed by atoms with Gasteiger partial charge in [0.15, 0.2) is 17.3 Å². The molecule has 6 aliphatic rings. The van der Waals surface area contributed by atoms with Gasteiger partial charge < -0.3 is 47.1 Å². The van der Waals surface area contributed by atoms with E-state index >= 15 is 0 Å². The minimum Gasteiger partial charge on any atom is -0.504 e. The minimum absolute atomic E-state index is 0.0421. The largest absolute Gasteiger partial charge is 0.504 e. The third kappa shape index (κ3) is 12.7. The number of benzene rings is 3. The number of nitrogens with one attached hydrogen (secondary N) is 4. The van der Waals surface area contributed by atoms with Crippen LogP contribution in [0.15, 0.2) is 108 Å². The lowest BCUT2D eigenvalue weighted by atomic mass is 9.54. The fourth-order valence-corrected chi connectivity index (χ4v) is 14.4. The first kappa shape index (κ1) is 52.0. The molecule has 0 radical (unpaired) electrons. The number of allylic oxidation sites excluding steroid dienone is 3. The quantitative estimate of drug-likeness (QED) is 0.0299. The molecule has 0 bridgehead atoms. The smallest absolute Gasteiger partial charge is 0.163 e. The summed E-state index contributed by atoms with van der Waals surface area (Å²) in [6.07, 6.45) is 22.4. The third-order valence-corrected chi connectivity index (χ3v) is 17.6. The van der Waals surface area contributed by atoms with Crippen LogP contribution in [0.3, 0.4) is 0 Å². The fraction of sp³-hybridized carbons (Fsp3) is 0.541. The van der Waals surface area contributed by atoms with Gasteiger partial charge in [-0.2, -0.15) is 0 Å². The molecule has 11 heteroatoms. The number of Topliss-reactive ketones (excluding diaryl/α,β-unsaturated/α-hetero) is 1. The second-order valence-corrected chi connectivity index (χ2v) is 22.6. The van der Waals surface area contributed by atoms with Crippen LogP contribution in [0, 0.1) is 40.9 Å². The van der Waals surface area contributed by atoms with Crippen LogP contribution in [0.2, 0.25) is 0 Å². The van der Waals surface area contributed by atoms with E-state index in [1.807, 2.05) is 25.3 Å². The summed E-state index contributed by atoms with van der Waals surface area (Å²) in [5, 5.41) is 46.9. The number of phenolic OH excluding ortho intramolecular Hbond substituents is 1. The number of phenols is 1. The number of hydrogen-bond donors (Lipinski definition) is 8. The molecule has 386 valence electrons. The number of fused-ring (bicyclic) bond motifs is 3. The normalized spacial score (nSPS) is 29.5. The molecule has 3 saturated carbocycles. The van der Waals surface area contributed by atoms with Crippen LogP contribution in [0.25, 0.3) is 5.57 Å². The lowest BCUT2D eigenvalue weighted by Gasteiger charge is -2.54. The van der Waals surface area contributed by atoms with E-state index in [-0.39, 0.29) is 47.0 Å². The number of piperidine rings is 1. The summed E-state index contributed by atoms with van der Waals surface area (Å²) >= 11 is 0. The highest BCUT2D eigenvalue weighted by atomic mass is 16.5. The van der Waals surface area contributed by atoms with Crippen LogP contribution in [-0.4, -0.2) is 91.1 Å². The Morgan fingerprint density at radius 3 is 2.54 bits per heavy atom. The number of carbonyl (C=O) groups excluding carboxylic acids is 2. The molecule has 11 atom stereocenters. The maximum atomic E-state index is 14.1. The molecule has 3 aliphatic carbocycles. The second-order valence-electron chi connectivity index (χ2n) is 22.6. The Kier molecular flexibility index (Phi) is 17.3. The van der Waals surface area contributed by atoms with Crippen molar-refractivity contribution < 1.29 is 29.6 Å². The number of dihydropyridines is 1. The summed E-state index contributed by atoms with van der Waals surface area (Å²) in [6.45, 7) is 5.11. The van der Waals surface area contributed by atoms with Gasteiger partial charge in [0, 0.05) is 37.8 Å². The highest BCUT2D eigenvalue weighted by Crippen LogP contribution is 2.60. The van der Waals surface area contributed by atoms with Gasteiger partial charge in [-0.25, -0.2) is 0 Å². The zero-order valence-corrected chi connectivity index (χ0v) is 42.8. The van der Waals surface area contributed by atoms with Crippen molar-refractivity contribution in [1.82, 2.24) is 21.3 Å². The molecular formula is C61H81N5O6. The van der Waals surface area contributed by atoms with Crippen molar-refractivity contribution in [1.29, 1.82) is 0 Å². The zero-order valence-electron chi connectivity index (χ0n) is 42.8. The monoisotopic (exact) mass is 980 g/mol. The third-order valence-electron chi connectivity index (χ3n) is 17.6. The van der Waals surface area contributed by atoms with E-state index in [9.17, 15) is 24.9 Å². The van der Waals surface area contributed by atoms with Crippen molar-refractivity contribution in [3.8, 4) is 11.5 Å². The van der Waals surface area contributed by atoms with E-state index in [2.05, 4.69) is 82.0 Å². The van der Waals surface area contributed by atoms with Gasteiger partial charge >= 0.3 is 0 Å². The van der Waals surface area contributed by atoms with E-state index in [1.165, 1.54) is 49.1 Å². The van der Waals surface area contributed by atoms with Crippen molar-refractivity contribution in [2.45, 2.75) is 128 Å². The summed E-state index contributed by atoms with van der Waals surface area (Å²) in [5.74, 6) is 3.05. The van der Waals surface area contributed by atoms with Crippen LogP contribution in [0.4, 0.5) is 0 Å². The van der Waals surface area contributed by atoms with Gasteiger partial charge in [-0.1, -0.05) is 66.7 Å². The first-order chi connectivity index (χ1) is 34.9. The van der Waals surface area contributed by atoms with Crippen LogP contribution >= 0.6 is 0 Å². The van der Waals surface area contributed by atoms with Crippen LogP contribution < -0.4 is 31.7 Å². The second kappa shape index (κ2) is 24.0. The molecule has 3 aromatic rings. The zero-order chi connectivity index (χ0) is 50.2. The number of hydrogen-bond acceptors (Lipinski definition) is 11. The molecule has 9 rings (SSSR count). The molecule has 0 spiro atoms. The number of ether oxygens (including phenoxy) is 1. The molecule has 1 unspecified atom stereocenters. The molecule has 72 heavy (non-hydrogen) atoms. The van der Waals surface area contributed by atoms with Crippen LogP contribution in [0.5, 0.6) is 11.5 Å². The summed E-state index contributed by atoms with van der Waals surface area (Å²) < 4.78 is 5.55. The molecule has 3 aliphatic heterocycles. The van der Waals surface area contributed by atoms with Gasteiger partial charge in [-0.15, -0.1) is 0 Å². The Hall–Kier alpha value is -4.88. The highest BCUT2D eigenvalue weighted by molar-refractivity contribution is 6.07. The molecule has 3 heterocycles. The van der Waals surface area contributed by atoms with E-state index in [0.29, 0.717) is 77.8 Å². The molecule has 11 nitrogen and oxygen atoms in total. The minimum atomic E-state index is -0.436. The Labute approximate surface area is 428 Å². The number of carbonyl (C=O) groups is 2. The van der Waals surface area contributed by atoms with Crippen molar-refractivity contribution in [2.24, 2.45) is 46.7 Å². The average molecular weight is 980 g/mol. The predicted octanol–water partition coefficient (Wildman–Crippen LogP) is 7.67. The average Bonchev–Trinajstić information content (AvgIpc) is 3.74. The van der Waals surface area contributed by atoms with Gasteiger partial charge in [0.25, 0.3) is 0 Å². The first-order valence-electron chi connectivity index (χ1n) is 27.3. The van der Waals surface area contributed by atoms with E-state index in [1.54, 1.807) is 12.1 Å². The van der Waals surface area contributed by atoms with Gasteiger partial charge in [0.1, 0.15) is 5.78 Å². The molecular weight excluding hydrogens is 899 g/mol. The summed E-state index contributed by atoms with van der Waals surface area (Å²) in [6, 6.07) is 23.5. The molecule has 3 aromatic carbocycles. The Balaban J connectivity index is 0.876. The number of aliphatic hydroxyl groups is 2. The Bertz CT molecular complexity index is 2480. The van der Waals surface area contributed by atoms with Gasteiger partial charge in [0.05, 0.1) is 32.4 Å². The number of rotatable bonds is 21. The Morgan fingerprint density at radius 1 is 0.958 bits per heavy atom. The number of aryl methyl sites for hydroxylation is 3. The Morgan fingerprint density at radius 2 is 1.75 bits per heavy atom. The van der Waals surface area contributed by atoms with Crippen molar-refractivity contribution >= 4 is 17.1 Å². The lowest BCUT2D eigenvalue weighted by Crippen LogP contribution is -2.57. The lowest BCUT2D eigenvalue weighted by molar-refractivity contribution is -0.126. The van der Waals surface area contributed by atoms with E-state index in [4.69, 9.17) is 10.5 Å². The summed E-state index contributed by atoms with van der Waals surface area (Å²) in [5.41, 5.74) is 14.1. The van der Waals surface area contributed by atoms with E-state index < -0.39 is 12.7 Å². The van der Waals surface area contributed by atoms with Gasteiger partial charge in [0.2, 0.25) is 0 Å². The molecule has 1 saturated heterocycles. The van der Waals surface area contributed by atoms with E-state index in [0.717, 1.165) is 88.6 Å². The fourth-order valence-electron chi connectivity index (χ4n) is 14.4. The summed E-state index contributed by atoms with van der Waals surface area (Å²) in [7, 11) is 1.48. The summed E-state index contributed by atoms with van der Waals surface area (Å²) in [4.78, 5) is 28.1. The molecule has 0 amide bonds. The van der Waals surface area contributed by atoms with Crippen LogP contribution in [0.1, 0.15) is 105 Å². The molecule has 4 fully saturated rings. The molecule has 0 aromatic heterocycles. The first-order valence-corrected chi connectivity index (χ1v) is 27.3. The number of ketones is 2. The van der Waals surface area contributed by atoms with Gasteiger partial charge in [-0.3, -0.25) is 9.59 Å². The van der Waals surface area contributed by atoms with Crippen LogP contribution in [-0.2, 0) is 35.3 Å². The maximum absolute atomic E-state index is 14.1. The number of nitrogens with two attached hydrogens (primary N) is 1. The van der Waals surface area contributed by atoms with Crippen molar-refractivity contribution in [2.75, 3.05) is 39.9 Å². The topological polar surface area (TPSA) is 178 Å². The van der Waals surface area contributed by atoms with Crippen molar-refractivity contribution in [3.05, 3.63) is 136 Å². The highest BCUT2D eigenvalue weighted by Gasteiger charge is 2.55.